The number of carboxylic acids is 1. The van der Waals surface area contributed by atoms with Gasteiger partial charge in [-0.2, -0.15) is 5.10 Å². The summed E-state index contributed by atoms with van der Waals surface area (Å²) >= 11 is 0. The van der Waals surface area contributed by atoms with Crippen LogP contribution in [0.1, 0.15) is 22.6 Å². The molecule has 0 bridgehead atoms. The first-order valence-corrected chi connectivity index (χ1v) is 6.16. The molecule has 0 spiro atoms. The Balaban J connectivity index is 1.99. The minimum Gasteiger partial charge on any atom is -0.478 e. The molecule has 1 aromatic carbocycles. The SMILES string of the molecule is NC1CCc2nc(-c3cccc(C(=O)O)c3)nn2C1. The third kappa shape index (κ3) is 2.22. The number of fused-ring (bicyclic) bond motifs is 1. The molecule has 0 amide bonds. The highest BCUT2D eigenvalue weighted by Gasteiger charge is 2.19. The summed E-state index contributed by atoms with van der Waals surface area (Å²) in [5.74, 6) is 0.525. The molecule has 0 saturated heterocycles. The molecule has 1 aliphatic rings. The Morgan fingerprint density at radius 3 is 3.11 bits per heavy atom. The maximum atomic E-state index is 11.0. The Labute approximate surface area is 109 Å². The second kappa shape index (κ2) is 4.47. The molecule has 3 N–H and O–H groups in total. The van der Waals surface area contributed by atoms with Crippen LogP contribution in [0.4, 0.5) is 0 Å². The van der Waals surface area contributed by atoms with Gasteiger partial charge in [0.2, 0.25) is 0 Å². The minimum absolute atomic E-state index is 0.118. The zero-order valence-corrected chi connectivity index (χ0v) is 10.3. The fourth-order valence-corrected chi connectivity index (χ4v) is 2.25. The number of aromatic carboxylic acids is 1. The highest BCUT2D eigenvalue weighted by atomic mass is 16.4. The third-order valence-corrected chi connectivity index (χ3v) is 3.26. The van der Waals surface area contributed by atoms with Gasteiger partial charge in [0.25, 0.3) is 0 Å². The monoisotopic (exact) mass is 258 g/mol. The normalized spacial score (nSPS) is 18.1. The molecule has 6 nitrogen and oxygen atoms in total. The Bertz CT molecular complexity index is 635. The number of benzene rings is 1. The van der Waals surface area contributed by atoms with Crippen LogP contribution in [-0.2, 0) is 13.0 Å². The van der Waals surface area contributed by atoms with Crippen molar-refractivity contribution in [2.75, 3.05) is 0 Å². The van der Waals surface area contributed by atoms with Crippen LogP contribution in [0.2, 0.25) is 0 Å². The lowest BCUT2D eigenvalue weighted by Crippen LogP contribution is -2.32. The van der Waals surface area contributed by atoms with E-state index in [0.717, 1.165) is 24.2 Å². The van der Waals surface area contributed by atoms with E-state index < -0.39 is 5.97 Å². The van der Waals surface area contributed by atoms with Gasteiger partial charge < -0.3 is 10.8 Å². The molecule has 0 aliphatic carbocycles. The zero-order valence-electron chi connectivity index (χ0n) is 10.3. The summed E-state index contributed by atoms with van der Waals surface area (Å²) in [5.41, 5.74) is 6.85. The van der Waals surface area contributed by atoms with Gasteiger partial charge in [-0.1, -0.05) is 12.1 Å². The Morgan fingerprint density at radius 1 is 1.47 bits per heavy atom. The lowest BCUT2D eigenvalue weighted by molar-refractivity contribution is 0.0697. The highest BCUT2D eigenvalue weighted by molar-refractivity contribution is 5.89. The average Bonchev–Trinajstić information content (AvgIpc) is 2.81. The van der Waals surface area contributed by atoms with Crippen LogP contribution < -0.4 is 5.73 Å². The summed E-state index contributed by atoms with van der Waals surface area (Å²) in [6.07, 6.45) is 1.72. The molecular formula is C13H14N4O2. The predicted molar refractivity (Wildman–Crippen MR) is 68.7 cm³/mol. The number of carbonyl (C=O) groups is 1. The van der Waals surface area contributed by atoms with E-state index in [1.54, 1.807) is 18.2 Å². The molecule has 1 aliphatic heterocycles. The molecule has 1 unspecified atom stereocenters. The molecule has 98 valence electrons. The van der Waals surface area contributed by atoms with Gasteiger partial charge in [0.15, 0.2) is 5.82 Å². The number of hydrogen-bond donors (Lipinski definition) is 2. The minimum atomic E-state index is -0.951. The molecule has 2 aromatic rings. The van der Waals surface area contributed by atoms with E-state index in [2.05, 4.69) is 10.1 Å². The predicted octanol–water partition coefficient (Wildman–Crippen LogP) is 0.917. The van der Waals surface area contributed by atoms with Gasteiger partial charge in [0, 0.05) is 18.0 Å². The topological polar surface area (TPSA) is 94.0 Å². The van der Waals surface area contributed by atoms with Gasteiger partial charge in [-0.3, -0.25) is 0 Å². The van der Waals surface area contributed by atoms with Gasteiger partial charge in [-0.05, 0) is 18.6 Å². The van der Waals surface area contributed by atoms with E-state index in [1.165, 1.54) is 0 Å². The van der Waals surface area contributed by atoms with E-state index in [1.807, 2.05) is 10.7 Å². The number of aryl methyl sites for hydroxylation is 1. The van der Waals surface area contributed by atoms with Crippen LogP contribution >= 0.6 is 0 Å². The van der Waals surface area contributed by atoms with Crippen LogP contribution in [0.15, 0.2) is 24.3 Å². The van der Waals surface area contributed by atoms with Crippen LogP contribution in [0.25, 0.3) is 11.4 Å². The van der Waals surface area contributed by atoms with E-state index >= 15 is 0 Å². The van der Waals surface area contributed by atoms with Gasteiger partial charge in [-0.15, -0.1) is 0 Å². The van der Waals surface area contributed by atoms with Crippen LogP contribution in [0.5, 0.6) is 0 Å². The molecular weight excluding hydrogens is 244 g/mol. The number of carboxylic acid groups (broad SMARTS) is 1. The van der Waals surface area contributed by atoms with Crippen molar-refractivity contribution in [2.45, 2.75) is 25.4 Å². The smallest absolute Gasteiger partial charge is 0.335 e. The number of nitrogens with zero attached hydrogens (tertiary/aromatic N) is 3. The Hall–Kier alpha value is -2.21. The Kier molecular flexibility index (Phi) is 2.79. The fourth-order valence-electron chi connectivity index (χ4n) is 2.25. The summed E-state index contributed by atoms with van der Waals surface area (Å²) in [6, 6.07) is 6.77. The van der Waals surface area contributed by atoms with Gasteiger partial charge in [0.1, 0.15) is 5.82 Å². The van der Waals surface area contributed by atoms with Gasteiger partial charge in [-0.25, -0.2) is 14.5 Å². The maximum Gasteiger partial charge on any atom is 0.335 e. The molecule has 0 fully saturated rings. The van der Waals surface area contributed by atoms with Crippen molar-refractivity contribution >= 4 is 5.97 Å². The second-order valence-corrected chi connectivity index (χ2v) is 4.72. The van der Waals surface area contributed by atoms with Crippen LogP contribution in [0, 0.1) is 0 Å². The van der Waals surface area contributed by atoms with E-state index in [9.17, 15) is 4.79 Å². The van der Waals surface area contributed by atoms with E-state index in [0.29, 0.717) is 12.4 Å². The first kappa shape index (κ1) is 11.9. The zero-order chi connectivity index (χ0) is 13.4. The van der Waals surface area contributed by atoms with Gasteiger partial charge in [0.05, 0.1) is 12.1 Å². The fraction of sp³-hybridized carbons (Fsp3) is 0.308. The molecule has 1 atom stereocenters. The summed E-state index contributed by atoms with van der Waals surface area (Å²) in [7, 11) is 0. The number of nitrogens with two attached hydrogens (primary N) is 1. The van der Waals surface area contributed by atoms with Crippen molar-refractivity contribution in [1.29, 1.82) is 0 Å². The summed E-state index contributed by atoms with van der Waals surface area (Å²) in [4.78, 5) is 15.4. The van der Waals surface area contributed by atoms with Crippen LogP contribution in [-0.4, -0.2) is 31.9 Å². The Morgan fingerprint density at radius 2 is 2.32 bits per heavy atom. The van der Waals surface area contributed by atoms with Crippen molar-refractivity contribution in [3.63, 3.8) is 0 Å². The highest BCUT2D eigenvalue weighted by Crippen LogP contribution is 2.20. The van der Waals surface area contributed by atoms with Crippen molar-refractivity contribution in [3.8, 4) is 11.4 Å². The molecule has 0 saturated carbocycles. The van der Waals surface area contributed by atoms with Gasteiger partial charge >= 0.3 is 5.97 Å². The maximum absolute atomic E-state index is 11.0. The molecule has 3 rings (SSSR count). The van der Waals surface area contributed by atoms with Crippen molar-refractivity contribution < 1.29 is 9.90 Å². The molecule has 19 heavy (non-hydrogen) atoms. The lowest BCUT2D eigenvalue weighted by atomic mass is 10.1. The molecule has 1 aromatic heterocycles. The standard InChI is InChI=1S/C13H14N4O2/c14-10-4-5-11-15-12(16-17(11)7-10)8-2-1-3-9(6-8)13(18)19/h1-3,6,10H,4-5,7,14H2,(H,18,19). The van der Waals surface area contributed by atoms with Crippen molar-refractivity contribution in [1.82, 2.24) is 14.8 Å². The summed E-state index contributed by atoms with van der Waals surface area (Å²) in [6.45, 7) is 0.668. The number of aromatic nitrogens is 3. The van der Waals surface area contributed by atoms with Crippen molar-refractivity contribution in [2.24, 2.45) is 5.73 Å². The first-order chi connectivity index (χ1) is 9.13. The van der Waals surface area contributed by atoms with E-state index in [-0.39, 0.29) is 11.6 Å². The second-order valence-electron chi connectivity index (χ2n) is 4.72. The molecule has 2 heterocycles. The van der Waals surface area contributed by atoms with E-state index in [4.69, 9.17) is 10.8 Å². The lowest BCUT2D eigenvalue weighted by Gasteiger charge is -2.17. The number of hydrogen-bond acceptors (Lipinski definition) is 4. The summed E-state index contributed by atoms with van der Waals surface area (Å²) < 4.78 is 1.82. The van der Waals surface area contributed by atoms with Crippen LogP contribution in [0.3, 0.4) is 0 Å². The number of rotatable bonds is 2. The molecule has 0 radical (unpaired) electrons. The quantitative estimate of drug-likeness (QED) is 0.835. The molecule has 6 heteroatoms. The first-order valence-electron chi connectivity index (χ1n) is 6.16. The summed E-state index contributed by atoms with van der Waals surface area (Å²) in [5, 5.41) is 13.4. The van der Waals surface area contributed by atoms with Crippen molar-refractivity contribution in [3.05, 3.63) is 35.7 Å². The average molecular weight is 258 g/mol. The third-order valence-electron chi connectivity index (χ3n) is 3.26. The largest absolute Gasteiger partial charge is 0.478 e.